The number of hydrogen-bond acceptors (Lipinski definition) is 10. The SMILES string of the molecule is CC(C)(C)CC(C)(C)NC(=S)Nc1cccc(F)c1O.CCCCCNC(=S)Nc1cccc(F)c1O.Cc1ccccc1CNC(=S)Nc1cccc(F)c1O.Oc1c(F)cccc1NC(=S)NCCc1ccccc1.Oc1c(F)cccc1NC(=S)NCc1ccccc1. The molecule has 0 radical (unpaired) electrons. The van der Waals surface area contributed by atoms with Crippen LogP contribution in [0.5, 0.6) is 28.7 Å². The number of anilines is 5. The van der Waals surface area contributed by atoms with E-state index in [4.69, 9.17) is 61.1 Å². The first-order chi connectivity index (χ1) is 45.6. The highest BCUT2D eigenvalue weighted by Gasteiger charge is 2.26. The molecule has 25 heteroatoms. The lowest BCUT2D eigenvalue weighted by Crippen LogP contribution is -2.47. The second-order valence-corrected chi connectivity index (χ2v) is 25.2. The van der Waals surface area contributed by atoms with Gasteiger partial charge in [-0.25, -0.2) is 22.0 Å². The summed E-state index contributed by atoms with van der Waals surface area (Å²) in [5.41, 5.74) is 5.80. The molecule has 0 saturated carbocycles. The third-order valence-corrected chi connectivity index (χ3v) is 14.4. The fourth-order valence-corrected chi connectivity index (χ4v) is 10.1. The van der Waals surface area contributed by atoms with E-state index in [-0.39, 0.29) is 39.4 Å². The molecule has 0 aliphatic rings. The smallest absolute Gasteiger partial charge is 0.175 e. The van der Waals surface area contributed by atoms with Crippen molar-refractivity contribution in [3.63, 3.8) is 0 Å². The van der Waals surface area contributed by atoms with E-state index in [1.54, 1.807) is 30.3 Å². The fourth-order valence-electron chi connectivity index (χ4n) is 8.88. The predicted octanol–water partition coefficient (Wildman–Crippen LogP) is 16.4. The lowest BCUT2D eigenvalue weighted by molar-refractivity contribution is 0.268. The molecule has 0 amide bonds. The van der Waals surface area contributed by atoms with Crippen molar-refractivity contribution in [3.8, 4) is 28.7 Å². The van der Waals surface area contributed by atoms with Crippen LogP contribution in [0.1, 0.15) is 89.5 Å². The van der Waals surface area contributed by atoms with Crippen molar-refractivity contribution in [1.82, 2.24) is 26.6 Å². The van der Waals surface area contributed by atoms with Crippen molar-refractivity contribution in [3.05, 3.63) is 227 Å². The summed E-state index contributed by atoms with van der Waals surface area (Å²) in [6, 6.07) is 49.0. The molecule has 8 aromatic rings. The van der Waals surface area contributed by atoms with Crippen LogP contribution in [0.15, 0.2) is 176 Å². The van der Waals surface area contributed by atoms with Crippen LogP contribution in [0.4, 0.5) is 50.4 Å². The van der Waals surface area contributed by atoms with Crippen LogP contribution in [-0.4, -0.2) is 69.7 Å². The van der Waals surface area contributed by atoms with Crippen molar-refractivity contribution in [2.75, 3.05) is 39.7 Å². The van der Waals surface area contributed by atoms with E-state index in [1.165, 1.54) is 66.2 Å². The summed E-state index contributed by atoms with van der Waals surface area (Å²) in [4.78, 5) is 0. The largest absolute Gasteiger partial charge is 0.503 e. The Kier molecular flexibility index (Phi) is 33.8. The van der Waals surface area contributed by atoms with Crippen molar-refractivity contribution < 1.29 is 47.5 Å². The lowest BCUT2D eigenvalue weighted by atomic mass is 9.82. The molecule has 0 aliphatic heterocycles. The van der Waals surface area contributed by atoms with Crippen LogP contribution < -0.4 is 53.2 Å². The van der Waals surface area contributed by atoms with Crippen molar-refractivity contribution in [2.45, 2.75) is 99.2 Å². The minimum atomic E-state index is -0.684. The normalized spacial score (nSPS) is 10.5. The van der Waals surface area contributed by atoms with Gasteiger partial charge in [0, 0.05) is 31.7 Å². The summed E-state index contributed by atoms with van der Waals surface area (Å²) < 4.78 is 65.7. The molecule has 96 heavy (non-hydrogen) atoms. The van der Waals surface area contributed by atoms with E-state index in [9.17, 15) is 47.5 Å². The zero-order chi connectivity index (χ0) is 70.8. The molecule has 8 rings (SSSR count). The van der Waals surface area contributed by atoms with E-state index in [0.717, 1.165) is 55.3 Å². The Morgan fingerprint density at radius 2 is 0.708 bits per heavy atom. The van der Waals surface area contributed by atoms with Crippen LogP contribution in [0, 0.1) is 41.4 Å². The minimum absolute atomic E-state index is 0.160. The quantitative estimate of drug-likeness (QED) is 0.0166. The number of phenols is 5. The first-order valence-electron chi connectivity index (χ1n) is 30.3. The monoisotopic (exact) mass is 1410 g/mol. The number of phenolic OH excluding ortho intramolecular Hbond substituents is 5. The predicted molar refractivity (Wildman–Crippen MR) is 400 cm³/mol. The minimum Gasteiger partial charge on any atom is -0.503 e. The number of benzene rings is 8. The molecule has 512 valence electrons. The molecular weight excluding hydrogens is 1330 g/mol. The van der Waals surface area contributed by atoms with Gasteiger partial charge in [-0.05, 0) is 189 Å². The average Bonchev–Trinajstić information content (AvgIpc) is 1.08. The Bertz CT molecular complexity index is 3800. The van der Waals surface area contributed by atoms with Crippen LogP contribution in [0.2, 0.25) is 0 Å². The topological polar surface area (TPSA) is 221 Å². The molecule has 8 aromatic carbocycles. The highest BCUT2D eigenvalue weighted by Crippen LogP contribution is 2.31. The van der Waals surface area contributed by atoms with Crippen LogP contribution in [-0.2, 0) is 19.5 Å². The number of halogens is 5. The number of aromatic hydroxyl groups is 5. The van der Waals surface area contributed by atoms with Gasteiger partial charge in [0.05, 0.1) is 28.4 Å². The number of para-hydroxylation sites is 5. The molecule has 0 spiro atoms. The standard InChI is InChI=1S/2C15H15FN2OS.C15H23FN2OS.C14H13FN2OS.C12H17FN2OS/c1-10-5-2-3-6-11(10)9-17-15(20)18-13-8-4-7-12(16)14(13)19;16-12-7-4-8-13(14(12)19)18-15(20)17-10-9-11-5-2-1-3-6-11;1-14(2,3)9-15(4,5)18-13(20)17-11-8-6-7-10(16)12(11)19;15-11-7-4-8-12(13(11)18)17-14(19)16-9-10-5-2-1-3-6-10;1-2-3-4-8-14-12(17)15-10-7-5-6-9(13)11(10)16/h2-8,19H,9H2,1H3,(H2,17,18,20);1-8,19H,9-10H2,(H2,17,18,20);6-8,19H,9H2,1-5H3,(H2,17,18,20);1-8,18H,9H2,(H2,16,17,19);5-7,16H,2-4,8H2,1H3,(H2,14,15,17). The van der Waals surface area contributed by atoms with Gasteiger partial charge in [-0.2, -0.15) is 0 Å². The maximum Gasteiger partial charge on any atom is 0.175 e. The molecule has 0 aromatic heterocycles. The molecule has 0 saturated heterocycles. The van der Waals surface area contributed by atoms with Gasteiger partial charge >= 0.3 is 0 Å². The molecule has 0 aliphatic carbocycles. The maximum absolute atomic E-state index is 13.2. The third-order valence-electron chi connectivity index (χ3n) is 13.2. The highest BCUT2D eigenvalue weighted by molar-refractivity contribution is 7.81. The Morgan fingerprint density at radius 3 is 1.08 bits per heavy atom. The summed E-state index contributed by atoms with van der Waals surface area (Å²) in [5.74, 6) is -5.53. The van der Waals surface area contributed by atoms with Gasteiger partial charge in [0.1, 0.15) is 0 Å². The summed E-state index contributed by atoms with van der Waals surface area (Å²) in [6.45, 7) is 17.3. The number of aryl methyl sites for hydroxylation is 1. The van der Waals surface area contributed by atoms with Crippen LogP contribution in [0.3, 0.4) is 0 Å². The zero-order valence-electron chi connectivity index (χ0n) is 54.3. The maximum atomic E-state index is 13.2. The Balaban J connectivity index is 0.000000256. The fraction of sp³-hybridized carbons (Fsp3) is 0.254. The third kappa shape index (κ3) is 30.1. The number of rotatable bonds is 18. The van der Waals surface area contributed by atoms with Gasteiger partial charge < -0.3 is 78.7 Å². The second-order valence-electron chi connectivity index (χ2n) is 23.1. The van der Waals surface area contributed by atoms with E-state index >= 15 is 0 Å². The highest BCUT2D eigenvalue weighted by atomic mass is 32.1. The lowest BCUT2D eigenvalue weighted by Gasteiger charge is -2.34. The van der Waals surface area contributed by atoms with Gasteiger partial charge in [0.15, 0.2) is 83.4 Å². The van der Waals surface area contributed by atoms with Crippen molar-refractivity contribution in [2.24, 2.45) is 5.41 Å². The zero-order valence-corrected chi connectivity index (χ0v) is 58.4. The first kappa shape index (κ1) is 79.3. The second kappa shape index (κ2) is 41.0. The summed E-state index contributed by atoms with van der Waals surface area (Å²) in [6.07, 6.45) is 5.07. The van der Waals surface area contributed by atoms with E-state index in [1.807, 2.05) is 91.9 Å². The Labute approximate surface area is 585 Å². The molecule has 0 atom stereocenters. The molecular formula is C71H83F5N10O5S5. The van der Waals surface area contributed by atoms with E-state index in [2.05, 4.69) is 94.7 Å². The molecule has 0 heterocycles. The molecule has 15 nitrogen and oxygen atoms in total. The van der Waals surface area contributed by atoms with Crippen molar-refractivity contribution >= 4 is 115 Å². The first-order valence-corrected chi connectivity index (χ1v) is 32.4. The summed E-state index contributed by atoms with van der Waals surface area (Å²) >= 11 is 25.6. The number of unbranched alkanes of at least 4 members (excludes halogenated alkanes) is 2. The molecule has 15 N–H and O–H groups in total. The number of nitrogens with one attached hydrogen (secondary N) is 10. The van der Waals surface area contributed by atoms with Crippen molar-refractivity contribution in [1.29, 1.82) is 0 Å². The summed E-state index contributed by atoms with van der Waals surface area (Å²) in [7, 11) is 0. The van der Waals surface area contributed by atoms with Gasteiger partial charge in [0.25, 0.3) is 0 Å². The van der Waals surface area contributed by atoms with E-state index < -0.39 is 57.8 Å². The number of thiocarbonyl (C=S) groups is 5. The van der Waals surface area contributed by atoms with Gasteiger partial charge in [-0.3, -0.25) is 0 Å². The molecule has 0 unspecified atom stereocenters. The molecule has 0 bridgehead atoms. The average molecular weight is 1410 g/mol. The Hall–Kier alpha value is -9.14. The van der Waals surface area contributed by atoms with Gasteiger partial charge in [-0.15, -0.1) is 0 Å². The molecule has 0 fully saturated rings. The Morgan fingerprint density at radius 1 is 0.375 bits per heavy atom. The van der Waals surface area contributed by atoms with Crippen LogP contribution >= 0.6 is 61.1 Å². The van der Waals surface area contributed by atoms with Crippen LogP contribution in [0.25, 0.3) is 0 Å². The van der Waals surface area contributed by atoms with Gasteiger partial charge in [-0.1, -0.05) is 156 Å². The number of hydrogen-bond donors (Lipinski definition) is 15. The van der Waals surface area contributed by atoms with E-state index in [0.29, 0.717) is 45.2 Å². The van der Waals surface area contributed by atoms with Gasteiger partial charge in [0.2, 0.25) is 0 Å². The summed E-state index contributed by atoms with van der Waals surface area (Å²) in [5, 5.41) is 78.5.